The number of carbonyl (C=O) groups is 1. The Hall–Kier alpha value is -3.12. The molecule has 1 amide bonds. The standard InChI is InChI=1S/C23H23N3O2S/c1-3-12-26-20-7-5-4-6-19(20)24-23(26)25-22(27)21-13-17(15-29-21)14-28-18-10-8-16(2)9-11-18/h4-11,13,15H,3,12,14H2,1-2H3,(H,24,25,27). The molecule has 2 aromatic carbocycles. The molecular weight excluding hydrogens is 382 g/mol. The maximum atomic E-state index is 12.8. The number of imidazole rings is 1. The SMILES string of the molecule is CCCn1c(NC(=O)c2cc(COc3ccc(C)cc3)cs2)nc2ccccc21. The third kappa shape index (κ3) is 4.32. The number of anilines is 1. The normalized spacial score (nSPS) is 11.0. The zero-order valence-corrected chi connectivity index (χ0v) is 17.3. The summed E-state index contributed by atoms with van der Waals surface area (Å²) < 4.78 is 7.87. The molecule has 0 aliphatic rings. The summed E-state index contributed by atoms with van der Waals surface area (Å²) in [5.41, 5.74) is 4.08. The largest absolute Gasteiger partial charge is 0.489 e. The van der Waals surface area contributed by atoms with Crippen LogP contribution in [-0.2, 0) is 13.2 Å². The van der Waals surface area contributed by atoms with E-state index < -0.39 is 0 Å². The highest BCUT2D eigenvalue weighted by Gasteiger charge is 2.15. The molecule has 4 rings (SSSR count). The van der Waals surface area contributed by atoms with Crippen molar-refractivity contribution in [1.29, 1.82) is 0 Å². The molecule has 0 aliphatic heterocycles. The molecule has 6 heteroatoms. The van der Waals surface area contributed by atoms with Gasteiger partial charge in [-0.1, -0.05) is 36.8 Å². The Balaban J connectivity index is 1.46. The molecule has 0 saturated carbocycles. The third-order valence-corrected chi connectivity index (χ3v) is 5.61. The Kier molecular flexibility index (Phi) is 5.62. The Morgan fingerprint density at radius 3 is 2.76 bits per heavy atom. The second-order valence-corrected chi connectivity index (χ2v) is 7.86. The predicted molar refractivity (Wildman–Crippen MR) is 118 cm³/mol. The summed E-state index contributed by atoms with van der Waals surface area (Å²) in [7, 11) is 0. The second-order valence-electron chi connectivity index (χ2n) is 6.95. The number of fused-ring (bicyclic) bond motifs is 1. The van der Waals surface area contributed by atoms with Crippen molar-refractivity contribution in [3.63, 3.8) is 0 Å². The molecule has 1 N–H and O–H groups in total. The van der Waals surface area contributed by atoms with Gasteiger partial charge in [0.25, 0.3) is 5.91 Å². The summed E-state index contributed by atoms with van der Waals surface area (Å²) in [5, 5.41) is 4.93. The molecule has 0 unspecified atom stereocenters. The number of benzene rings is 2. The lowest BCUT2D eigenvalue weighted by Gasteiger charge is -2.08. The van der Waals surface area contributed by atoms with Gasteiger partial charge in [-0.25, -0.2) is 4.98 Å². The zero-order chi connectivity index (χ0) is 20.2. The average molecular weight is 406 g/mol. The number of aryl methyl sites for hydroxylation is 2. The smallest absolute Gasteiger partial charge is 0.268 e. The summed E-state index contributed by atoms with van der Waals surface area (Å²) in [6.07, 6.45) is 0.961. The molecule has 0 fully saturated rings. The molecule has 2 heterocycles. The summed E-state index contributed by atoms with van der Waals surface area (Å²) in [6, 6.07) is 17.7. The van der Waals surface area contributed by atoms with Gasteiger partial charge in [-0.2, -0.15) is 0 Å². The molecule has 148 valence electrons. The summed E-state index contributed by atoms with van der Waals surface area (Å²) in [5.74, 6) is 1.26. The van der Waals surface area contributed by atoms with Gasteiger partial charge in [-0.3, -0.25) is 10.1 Å². The Morgan fingerprint density at radius 2 is 1.97 bits per heavy atom. The minimum absolute atomic E-state index is 0.149. The van der Waals surface area contributed by atoms with Crippen LogP contribution in [0.1, 0.15) is 34.1 Å². The second kappa shape index (κ2) is 8.49. The fourth-order valence-electron chi connectivity index (χ4n) is 3.16. The molecule has 0 spiro atoms. The minimum atomic E-state index is -0.149. The van der Waals surface area contributed by atoms with Crippen molar-refractivity contribution in [3.8, 4) is 5.75 Å². The van der Waals surface area contributed by atoms with Crippen molar-refractivity contribution < 1.29 is 9.53 Å². The fourth-order valence-corrected chi connectivity index (χ4v) is 3.95. The van der Waals surface area contributed by atoms with Crippen molar-refractivity contribution in [2.45, 2.75) is 33.4 Å². The maximum Gasteiger partial charge on any atom is 0.268 e. The number of hydrogen-bond donors (Lipinski definition) is 1. The van der Waals surface area contributed by atoms with Gasteiger partial charge in [0, 0.05) is 12.1 Å². The van der Waals surface area contributed by atoms with Crippen molar-refractivity contribution in [2.24, 2.45) is 0 Å². The molecule has 5 nitrogen and oxygen atoms in total. The van der Waals surface area contributed by atoms with E-state index in [1.165, 1.54) is 16.9 Å². The Bertz CT molecular complexity index is 1130. The van der Waals surface area contributed by atoms with Crippen LogP contribution in [0.5, 0.6) is 5.75 Å². The first kappa shape index (κ1) is 19.2. The zero-order valence-electron chi connectivity index (χ0n) is 16.5. The van der Waals surface area contributed by atoms with Gasteiger partial charge < -0.3 is 9.30 Å². The third-order valence-electron chi connectivity index (χ3n) is 4.63. The summed E-state index contributed by atoms with van der Waals surface area (Å²) >= 11 is 1.41. The first-order valence-corrected chi connectivity index (χ1v) is 10.6. The molecular formula is C23H23N3O2S. The molecule has 2 aromatic heterocycles. The average Bonchev–Trinajstić information content (AvgIpc) is 3.33. The molecule has 0 atom stereocenters. The number of para-hydroxylation sites is 2. The first-order chi connectivity index (χ1) is 14.1. The highest BCUT2D eigenvalue weighted by atomic mass is 32.1. The van der Waals surface area contributed by atoms with Crippen LogP contribution in [0.3, 0.4) is 0 Å². The summed E-state index contributed by atoms with van der Waals surface area (Å²) in [4.78, 5) is 18.0. The Morgan fingerprint density at radius 1 is 1.17 bits per heavy atom. The number of nitrogens with one attached hydrogen (secondary N) is 1. The number of ether oxygens (including phenoxy) is 1. The maximum absolute atomic E-state index is 12.8. The van der Waals surface area contributed by atoms with E-state index in [1.54, 1.807) is 0 Å². The molecule has 0 saturated heterocycles. The van der Waals surface area contributed by atoms with Gasteiger partial charge >= 0.3 is 0 Å². The van der Waals surface area contributed by atoms with Gasteiger partial charge in [0.05, 0.1) is 15.9 Å². The highest BCUT2D eigenvalue weighted by Crippen LogP contribution is 2.23. The van der Waals surface area contributed by atoms with Crippen molar-refractivity contribution in [2.75, 3.05) is 5.32 Å². The quantitative estimate of drug-likeness (QED) is 0.432. The number of hydrogen-bond acceptors (Lipinski definition) is 4. The van der Waals surface area contributed by atoms with E-state index in [0.29, 0.717) is 17.4 Å². The van der Waals surface area contributed by atoms with Crippen LogP contribution >= 0.6 is 11.3 Å². The Labute approximate surface area is 174 Å². The molecule has 0 bridgehead atoms. The van der Waals surface area contributed by atoms with Gasteiger partial charge in [-0.05, 0) is 49.1 Å². The highest BCUT2D eigenvalue weighted by molar-refractivity contribution is 7.12. The lowest BCUT2D eigenvalue weighted by Crippen LogP contribution is -2.15. The van der Waals surface area contributed by atoms with Gasteiger partial charge in [0.1, 0.15) is 12.4 Å². The van der Waals surface area contributed by atoms with Crippen LogP contribution in [-0.4, -0.2) is 15.5 Å². The fraction of sp³-hybridized carbons (Fsp3) is 0.217. The molecule has 29 heavy (non-hydrogen) atoms. The predicted octanol–water partition coefficient (Wildman–Crippen LogP) is 5.65. The molecule has 0 aliphatic carbocycles. The number of carbonyl (C=O) groups excluding carboxylic acids is 1. The van der Waals surface area contributed by atoms with E-state index >= 15 is 0 Å². The summed E-state index contributed by atoms with van der Waals surface area (Å²) in [6.45, 7) is 5.39. The van der Waals surface area contributed by atoms with Crippen molar-refractivity contribution in [3.05, 3.63) is 76.0 Å². The van der Waals surface area contributed by atoms with Gasteiger partial charge in [0.2, 0.25) is 5.95 Å². The number of rotatable bonds is 7. The number of nitrogens with zero attached hydrogens (tertiary/aromatic N) is 2. The van der Waals surface area contributed by atoms with Gasteiger partial charge in [-0.15, -0.1) is 11.3 Å². The van der Waals surface area contributed by atoms with Crippen LogP contribution < -0.4 is 10.1 Å². The van der Waals surface area contributed by atoms with Crippen molar-refractivity contribution >= 4 is 34.2 Å². The van der Waals surface area contributed by atoms with E-state index in [9.17, 15) is 4.79 Å². The molecule has 0 radical (unpaired) electrons. The van der Waals surface area contributed by atoms with Crippen LogP contribution in [0.25, 0.3) is 11.0 Å². The molecule has 4 aromatic rings. The topological polar surface area (TPSA) is 56.2 Å². The monoisotopic (exact) mass is 405 g/mol. The van der Waals surface area contributed by atoms with Crippen LogP contribution in [0, 0.1) is 6.92 Å². The van der Waals surface area contributed by atoms with Crippen molar-refractivity contribution in [1.82, 2.24) is 9.55 Å². The minimum Gasteiger partial charge on any atom is -0.489 e. The lowest BCUT2D eigenvalue weighted by atomic mass is 10.2. The first-order valence-electron chi connectivity index (χ1n) is 9.67. The number of aromatic nitrogens is 2. The van der Waals surface area contributed by atoms with Crippen LogP contribution in [0.15, 0.2) is 60.0 Å². The van der Waals surface area contributed by atoms with E-state index in [4.69, 9.17) is 4.74 Å². The van der Waals surface area contributed by atoms with Crippen LogP contribution in [0.4, 0.5) is 5.95 Å². The van der Waals surface area contributed by atoms with E-state index in [1.807, 2.05) is 66.9 Å². The van der Waals surface area contributed by atoms with Gasteiger partial charge in [0.15, 0.2) is 0 Å². The number of amides is 1. The van der Waals surface area contributed by atoms with E-state index in [-0.39, 0.29) is 5.91 Å². The van der Waals surface area contributed by atoms with Crippen LogP contribution in [0.2, 0.25) is 0 Å². The van der Waals surface area contributed by atoms with E-state index in [0.717, 1.165) is 35.3 Å². The van der Waals surface area contributed by atoms with E-state index in [2.05, 4.69) is 21.8 Å². The number of thiophene rings is 1. The lowest BCUT2D eigenvalue weighted by molar-refractivity contribution is 0.102.